The SMILES string of the molecule is C=CCn1c(=NC(=O)c2cccc(S(C)(=O)=O)c2)sc2cc(OC)ccc21. The van der Waals surface area contributed by atoms with Crippen molar-refractivity contribution < 1.29 is 17.9 Å². The minimum absolute atomic E-state index is 0.0867. The maximum Gasteiger partial charge on any atom is 0.279 e. The van der Waals surface area contributed by atoms with E-state index in [4.69, 9.17) is 4.74 Å². The molecule has 0 radical (unpaired) electrons. The number of nitrogens with zero attached hydrogens (tertiary/aromatic N) is 2. The highest BCUT2D eigenvalue weighted by molar-refractivity contribution is 7.90. The number of ether oxygens (including phenoxy) is 1. The number of carbonyl (C=O) groups is 1. The fraction of sp³-hybridized carbons (Fsp3) is 0.158. The summed E-state index contributed by atoms with van der Waals surface area (Å²) in [6, 6.07) is 11.5. The van der Waals surface area contributed by atoms with Crippen LogP contribution in [0.1, 0.15) is 10.4 Å². The van der Waals surface area contributed by atoms with Gasteiger partial charge in [0.25, 0.3) is 5.91 Å². The van der Waals surface area contributed by atoms with Gasteiger partial charge in [0.05, 0.1) is 22.2 Å². The van der Waals surface area contributed by atoms with Crippen LogP contribution in [-0.4, -0.2) is 32.3 Å². The van der Waals surface area contributed by atoms with Crippen molar-refractivity contribution >= 4 is 37.3 Å². The van der Waals surface area contributed by atoms with E-state index in [1.807, 2.05) is 22.8 Å². The number of methoxy groups -OCH3 is 1. The molecular formula is C19H18N2O4S2. The van der Waals surface area contributed by atoms with Crippen molar-refractivity contribution in [3.63, 3.8) is 0 Å². The highest BCUT2D eigenvalue weighted by Crippen LogP contribution is 2.23. The number of carbonyl (C=O) groups excluding carboxylic acids is 1. The topological polar surface area (TPSA) is 77.7 Å². The van der Waals surface area contributed by atoms with Crippen LogP contribution in [0, 0.1) is 0 Å². The molecule has 6 nitrogen and oxygen atoms in total. The third-order valence-electron chi connectivity index (χ3n) is 3.91. The molecule has 0 fully saturated rings. The fourth-order valence-corrected chi connectivity index (χ4v) is 4.32. The van der Waals surface area contributed by atoms with Crippen molar-refractivity contribution in [3.05, 3.63) is 65.5 Å². The van der Waals surface area contributed by atoms with Crippen molar-refractivity contribution in [2.75, 3.05) is 13.4 Å². The summed E-state index contributed by atoms with van der Waals surface area (Å²) in [5.74, 6) is 0.213. The van der Waals surface area contributed by atoms with Gasteiger partial charge in [0, 0.05) is 18.4 Å². The fourth-order valence-electron chi connectivity index (χ4n) is 2.58. The van der Waals surface area contributed by atoms with E-state index in [1.54, 1.807) is 19.3 Å². The monoisotopic (exact) mass is 402 g/mol. The van der Waals surface area contributed by atoms with Crippen LogP contribution < -0.4 is 9.54 Å². The summed E-state index contributed by atoms with van der Waals surface area (Å²) >= 11 is 1.36. The Morgan fingerprint density at radius 3 is 2.74 bits per heavy atom. The number of rotatable bonds is 5. The van der Waals surface area contributed by atoms with Gasteiger partial charge >= 0.3 is 0 Å². The number of benzene rings is 2. The molecule has 0 bridgehead atoms. The van der Waals surface area contributed by atoms with Crippen LogP contribution in [0.25, 0.3) is 10.2 Å². The average molecular weight is 402 g/mol. The predicted molar refractivity (Wildman–Crippen MR) is 106 cm³/mol. The molecule has 0 aliphatic carbocycles. The number of fused-ring (bicyclic) bond motifs is 1. The number of allylic oxidation sites excluding steroid dienone is 1. The Bertz CT molecular complexity index is 1200. The number of thiazole rings is 1. The smallest absolute Gasteiger partial charge is 0.279 e. The summed E-state index contributed by atoms with van der Waals surface area (Å²) in [5, 5.41) is 0. The van der Waals surface area contributed by atoms with Crippen molar-refractivity contribution in [2.24, 2.45) is 4.99 Å². The van der Waals surface area contributed by atoms with E-state index in [0.717, 1.165) is 16.5 Å². The lowest BCUT2D eigenvalue weighted by atomic mass is 10.2. The Balaban J connectivity index is 2.13. The zero-order valence-electron chi connectivity index (χ0n) is 14.9. The molecule has 3 aromatic rings. The number of aromatic nitrogens is 1. The number of amides is 1. The Kier molecular flexibility index (Phi) is 5.29. The molecule has 0 aliphatic rings. The van der Waals surface area contributed by atoms with Gasteiger partial charge in [0.15, 0.2) is 14.6 Å². The van der Waals surface area contributed by atoms with Gasteiger partial charge in [-0.15, -0.1) is 6.58 Å². The Labute approximate surface area is 161 Å². The average Bonchev–Trinajstić information content (AvgIpc) is 2.97. The van der Waals surface area contributed by atoms with E-state index in [2.05, 4.69) is 11.6 Å². The van der Waals surface area contributed by atoms with Crippen molar-refractivity contribution in [2.45, 2.75) is 11.4 Å². The van der Waals surface area contributed by atoms with Crippen LogP contribution in [0.5, 0.6) is 5.75 Å². The van der Waals surface area contributed by atoms with Crippen LogP contribution >= 0.6 is 11.3 Å². The molecule has 1 amide bonds. The molecule has 2 aromatic carbocycles. The molecule has 1 aromatic heterocycles. The first-order chi connectivity index (χ1) is 12.8. The van der Waals surface area contributed by atoms with E-state index >= 15 is 0 Å². The molecule has 0 aliphatic heterocycles. The minimum Gasteiger partial charge on any atom is -0.497 e. The van der Waals surface area contributed by atoms with Crippen molar-refractivity contribution in [1.82, 2.24) is 4.57 Å². The maximum absolute atomic E-state index is 12.6. The lowest BCUT2D eigenvalue weighted by Crippen LogP contribution is -2.16. The Morgan fingerprint density at radius 2 is 2.07 bits per heavy atom. The van der Waals surface area contributed by atoms with Crippen LogP contribution in [0.3, 0.4) is 0 Å². The molecule has 8 heteroatoms. The standard InChI is InChI=1S/C19H18N2O4S2/c1-4-10-21-16-9-8-14(25-2)12-17(16)26-19(21)20-18(22)13-6-5-7-15(11-13)27(3,23)24/h4-9,11-12H,1,10H2,2-3H3. The third-order valence-corrected chi connectivity index (χ3v) is 6.06. The van der Waals surface area contributed by atoms with Gasteiger partial charge in [0.1, 0.15) is 5.75 Å². The molecular weight excluding hydrogens is 384 g/mol. The molecule has 0 atom stereocenters. The van der Waals surface area contributed by atoms with Crippen LogP contribution in [0.15, 0.2) is 65.0 Å². The second kappa shape index (κ2) is 7.50. The normalized spacial score (nSPS) is 12.3. The summed E-state index contributed by atoms with van der Waals surface area (Å²) in [4.78, 5) is 17.4. The Morgan fingerprint density at radius 1 is 1.30 bits per heavy atom. The van der Waals surface area contributed by atoms with E-state index < -0.39 is 15.7 Å². The second-order valence-electron chi connectivity index (χ2n) is 5.83. The van der Waals surface area contributed by atoms with Gasteiger partial charge < -0.3 is 9.30 Å². The van der Waals surface area contributed by atoms with Gasteiger partial charge in [-0.25, -0.2) is 8.42 Å². The first-order valence-corrected chi connectivity index (χ1v) is 10.7. The van der Waals surface area contributed by atoms with Gasteiger partial charge in [-0.3, -0.25) is 4.79 Å². The number of sulfone groups is 1. The summed E-state index contributed by atoms with van der Waals surface area (Å²) in [6.45, 7) is 4.25. The van der Waals surface area contributed by atoms with Gasteiger partial charge in [0.2, 0.25) is 0 Å². The summed E-state index contributed by atoms with van der Waals surface area (Å²) in [5.41, 5.74) is 1.13. The predicted octanol–water partition coefficient (Wildman–Crippen LogP) is 3.04. The van der Waals surface area contributed by atoms with Gasteiger partial charge in [-0.2, -0.15) is 4.99 Å². The van der Waals surface area contributed by atoms with Crippen LogP contribution in [-0.2, 0) is 16.4 Å². The first-order valence-electron chi connectivity index (χ1n) is 8.01. The zero-order chi connectivity index (χ0) is 19.6. The number of hydrogen-bond donors (Lipinski definition) is 0. The first kappa shape index (κ1) is 19.1. The van der Waals surface area contributed by atoms with E-state index in [0.29, 0.717) is 17.1 Å². The summed E-state index contributed by atoms with van der Waals surface area (Å²) < 4.78 is 31.5. The molecule has 0 spiro atoms. The summed E-state index contributed by atoms with van der Waals surface area (Å²) in [7, 11) is -1.81. The van der Waals surface area contributed by atoms with Gasteiger partial charge in [-0.05, 0) is 36.4 Å². The van der Waals surface area contributed by atoms with Crippen LogP contribution in [0.4, 0.5) is 0 Å². The minimum atomic E-state index is -3.40. The highest BCUT2D eigenvalue weighted by atomic mass is 32.2. The molecule has 0 saturated carbocycles. The molecule has 0 saturated heterocycles. The third kappa shape index (κ3) is 4.01. The molecule has 0 N–H and O–H groups in total. The lowest BCUT2D eigenvalue weighted by molar-refractivity contribution is 0.0997. The van der Waals surface area contributed by atoms with Gasteiger partial charge in [-0.1, -0.05) is 23.5 Å². The molecule has 3 rings (SSSR count). The quantitative estimate of drug-likeness (QED) is 0.615. The van der Waals surface area contributed by atoms with E-state index in [-0.39, 0.29) is 10.5 Å². The molecule has 0 unspecified atom stereocenters. The second-order valence-corrected chi connectivity index (χ2v) is 8.86. The van der Waals surface area contributed by atoms with Crippen LogP contribution in [0.2, 0.25) is 0 Å². The summed E-state index contributed by atoms with van der Waals surface area (Å²) in [6.07, 6.45) is 2.83. The lowest BCUT2D eigenvalue weighted by Gasteiger charge is -2.03. The zero-order valence-corrected chi connectivity index (χ0v) is 16.5. The van der Waals surface area contributed by atoms with Crippen molar-refractivity contribution in [1.29, 1.82) is 0 Å². The van der Waals surface area contributed by atoms with E-state index in [9.17, 15) is 13.2 Å². The molecule has 140 valence electrons. The Hall–Kier alpha value is -2.71. The molecule has 1 heterocycles. The maximum atomic E-state index is 12.6. The highest BCUT2D eigenvalue weighted by Gasteiger charge is 2.13. The van der Waals surface area contributed by atoms with E-state index in [1.165, 1.54) is 29.5 Å². The number of hydrogen-bond acceptors (Lipinski definition) is 5. The largest absolute Gasteiger partial charge is 0.497 e. The van der Waals surface area contributed by atoms with Crippen molar-refractivity contribution in [3.8, 4) is 5.75 Å². The molecule has 27 heavy (non-hydrogen) atoms.